The predicted molar refractivity (Wildman–Crippen MR) is 148 cm³/mol. The molecule has 2 heterocycles. The molecule has 2 saturated heterocycles. The first-order valence-corrected chi connectivity index (χ1v) is 15.8. The third-order valence-corrected chi connectivity index (χ3v) is 12.1. The predicted octanol–water partition coefficient (Wildman–Crippen LogP) is 3.34. The van der Waals surface area contributed by atoms with Gasteiger partial charge in [-0.3, -0.25) is 4.79 Å². The fourth-order valence-electron chi connectivity index (χ4n) is 9.76. The van der Waals surface area contributed by atoms with Gasteiger partial charge >= 0.3 is 0 Å². The average molecular weight is 612 g/mol. The van der Waals surface area contributed by atoms with Gasteiger partial charge in [0.25, 0.3) is 5.91 Å². The number of nitrogens with zero attached hydrogens (tertiary/aromatic N) is 1. The monoisotopic (exact) mass is 611 g/mol. The zero-order valence-corrected chi connectivity index (χ0v) is 24.7. The van der Waals surface area contributed by atoms with Crippen molar-refractivity contribution >= 4 is 5.91 Å². The lowest BCUT2D eigenvalue weighted by molar-refractivity contribution is -0.317. The van der Waals surface area contributed by atoms with Crippen LogP contribution in [0, 0.1) is 40.7 Å². The average Bonchev–Trinajstić information content (AvgIpc) is 2.97. The van der Waals surface area contributed by atoms with Crippen molar-refractivity contribution in [2.24, 2.45) is 29.1 Å². The van der Waals surface area contributed by atoms with Gasteiger partial charge in [-0.15, -0.1) is 0 Å². The van der Waals surface area contributed by atoms with E-state index in [1.54, 1.807) is 4.90 Å². The summed E-state index contributed by atoms with van der Waals surface area (Å²) in [7, 11) is 0. The van der Waals surface area contributed by atoms with Gasteiger partial charge in [-0.1, -0.05) is 13.0 Å². The van der Waals surface area contributed by atoms with Crippen LogP contribution in [0.1, 0.15) is 75.6 Å². The Bertz CT molecular complexity index is 1190. The minimum Gasteiger partial charge on any atom is -0.394 e. The van der Waals surface area contributed by atoms with Crippen LogP contribution >= 0.6 is 0 Å². The number of carbonyl (C=O) groups is 1. The van der Waals surface area contributed by atoms with Crippen molar-refractivity contribution < 1.29 is 47.9 Å². The van der Waals surface area contributed by atoms with Gasteiger partial charge in [-0.25, -0.2) is 13.2 Å². The van der Waals surface area contributed by atoms with Crippen LogP contribution in [0.25, 0.3) is 0 Å². The van der Waals surface area contributed by atoms with Crippen LogP contribution in [-0.4, -0.2) is 92.9 Å². The van der Waals surface area contributed by atoms with Gasteiger partial charge in [-0.2, -0.15) is 0 Å². The van der Waals surface area contributed by atoms with Gasteiger partial charge in [-0.05, 0) is 99.5 Å². The number of hydrogen-bond acceptors (Lipinski definition) is 7. The Morgan fingerprint density at radius 2 is 1.72 bits per heavy atom. The number of aliphatic hydroxyl groups excluding tert-OH is 4. The van der Waals surface area contributed by atoms with Crippen molar-refractivity contribution in [3.63, 3.8) is 0 Å². The van der Waals surface area contributed by atoms with E-state index in [0.29, 0.717) is 45.1 Å². The number of amides is 1. The second kappa shape index (κ2) is 11.6. The number of likely N-dealkylation sites (tertiary alicyclic amines) is 1. The number of halogens is 3. The molecule has 5 aliphatic rings. The fraction of sp³-hybridized carbons (Fsp3) is 0.781. The van der Waals surface area contributed by atoms with E-state index in [4.69, 9.17) is 9.47 Å². The van der Waals surface area contributed by atoms with Crippen molar-refractivity contribution in [3.05, 3.63) is 35.4 Å². The molecule has 2 aliphatic heterocycles. The zero-order chi connectivity index (χ0) is 30.8. The van der Waals surface area contributed by atoms with E-state index in [1.807, 2.05) is 6.92 Å². The molecular weight excluding hydrogens is 567 g/mol. The summed E-state index contributed by atoms with van der Waals surface area (Å²) in [4.78, 5) is 15.3. The van der Waals surface area contributed by atoms with Crippen molar-refractivity contribution in [3.8, 4) is 0 Å². The highest BCUT2D eigenvalue weighted by molar-refractivity contribution is 5.95. The van der Waals surface area contributed by atoms with E-state index in [9.17, 15) is 34.0 Å². The molecule has 5 fully saturated rings. The second-order valence-corrected chi connectivity index (χ2v) is 14.1. The number of aliphatic hydroxyl groups is 4. The van der Waals surface area contributed by atoms with Crippen LogP contribution in [0.3, 0.4) is 0 Å². The van der Waals surface area contributed by atoms with Crippen LogP contribution in [0.5, 0.6) is 0 Å². The smallest absolute Gasteiger partial charge is 0.260 e. The lowest BCUT2D eigenvalue weighted by Crippen LogP contribution is -2.66. The van der Waals surface area contributed by atoms with Crippen LogP contribution in [0.4, 0.5) is 13.2 Å². The van der Waals surface area contributed by atoms with Crippen molar-refractivity contribution in [2.45, 2.75) is 114 Å². The maximum Gasteiger partial charge on any atom is 0.260 e. The molecule has 1 aromatic rings. The summed E-state index contributed by atoms with van der Waals surface area (Å²) in [5.74, 6) is -2.42. The van der Waals surface area contributed by atoms with E-state index < -0.39 is 78.2 Å². The molecule has 8 nitrogen and oxygen atoms in total. The van der Waals surface area contributed by atoms with Crippen LogP contribution in [-0.2, 0) is 9.47 Å². The summed E-state index contributed by atoms with van der Waals surface area (Å²) in [5.41, 5.74) is -1.47. The minimum absolute atomic E-state index is 0.0119. The topological polar surface area (TPSA) is 120 Å². The van der Waals surface area contributed by atoms with E-state index in [2.05, 4.69) is 6.92 Å². The zero-order valence-electron chi connectivity index (χ0n) is 24.7. The number of piperidine rings is 1. The molecule has 11 heteroatoms. The third-order valence-electron chi connectivity index (χ3n) is 12.1. The summed E-state index contributed by atoms with van der Waals surface area (Å²) in [6, 6.07) is 3.45. The quantitative estimate of drug-likeness (QED) is 0.386. The first-order chi connectivity index (χ1) is 20.4. The molecule has 1 aromatic carbocycles. The highest BCUT2D eigenvalue weighted by Gasteiger charge is 2.62. The molecule has 3 saturated carbocycles. The van der Waals surface area contributed by atoms with Gasteiger partial charge in [0.05, 0.1) is 12.7 Å². The molecule has 0 bridgehead atoms. The van der Waals surface area contributed by atoms with Gasteiger partial charge in [0, 0.05) is 12.1 Å². The van der Waals surface area contributed by atoms with Crippen LogP contribution in [0.2, 0.25) is 0 Å². The molecule has 3 unspecified atom stereocenters. The molecular formula is C32H44F3NO7. The summed E-state index contributed by atoms with van der Waals surface area (Å²) in [6.45, 7) is 4.03. The number of hydrogen-bond donors (Lipinski definition) is 4. The molecule has 13 atom stereocenters. The Balaban J connectivity index is 1.19. The maximum absolute atomic E-state index is 16.3. The minimum atomic E-state index is -1.54. The Hall–Kier alpha value is -1.76. The largest absolute Gasteiger partial charge is 0.394 e. The Labute approximate surface area is 250 Å². The molecule has 6 rings (SSSR count). The number of carbonyl (C=O) groups excluding carboxylic acids is 1. The van der Waals surface area contributed by atoms with Crippen LogP contribution < -0.4 is 0 Å². The normalized spacial score (nSPS) is 46.4. The standard InChI is InChI=1S/C32H44F3NO7/c1-31-10-8-16(42-30-28(40)27(39)26(38)24(15-37)43-30)13-20(31)23(35)14-17-18(31)9-11-32(2)19(17)5-4-12-36(32)29(41)25-21(33)6-3-7-22(25)34/h3,6-7,16-20,23-24,26-28,30,37-40H,4-5,8-15H2,1-2H3/t16-,17?,18?,19-,20?,23+,24+,26+,27-,28+,30+,31+,32-/m0/s1. The van der Waals surface area contributed by atoms with Gasteiger partial charge in [0.2, 0.25) is 0 Å². The van der Waals surface area contributed by atoms with Gasteiger partial charge in [0.15, 0.2) is 6.29 Å². The van der Waals surface area contributed by atoms with Crippen molar-refractivity contribution in [2.75, 3.05) is 13.2 Å². The highest BCUT2D eigenvalue weighted by Crippen LogP contribution is 2.64. The number of benzene rings is 1. The first-order valence-electron chi connectivity index (χ1n) is 15.8. The molecule has 4 N–H and O–H groups in total. The summed E-state index contributed by atoms with van der Waals surface area (Å²) in [5, 5.41) is 40.2. The molecule has 3 aliphatic carbocycles. The van der Waals surface area contributed by atoms with E-state index in [-0.39, 0.29) is 29.1 Å². The molecule has 0 radical (unpaired) electrons. The summed E-state index contributed by atoms with van der Waals surface area (Å²) >= 11 is 0. The van der Waals surface area contributed by atoms with Gasteiger partial charge in [0.1, 0.15) is 47.8 Å². The van der Waals surface area contributed by atoms with E-state index in [1.165, 1.54) is 6.07 Å². The SMILES string of the molecule is C[C@]12CC[C@H](O[C@@H]3O[C@H](CO)[C@@H](O)[C@H](O)[C@H]3O)CC1[C@H](F)CC1C2CC[C@@]2(C)[C@H]1CCCN2C(=O)c1c(F)cccc1F. The molecule has 43 heavy (non-hydrogen) atoms. The number of alkyl halides is 1. The van der Waals surface area contributed by atoms with Crippen molar-refractivity contribution in [1.29, 1.82) is 0 Å². The third kappa shape index (κ3) is 5.02. The van der Waals surface area contributed by atoms with Crippen molar-refractivity contribution in [1.82, 2.24) is 4.90 Å². The maximum atomic E-state index is 16.3. The Morgan fingerprint density at radius 1 is 1.00 bits per heavy atom. The van der Waals surface area contributed by atoms with Crippen LogP contribution in [0.15, 0.2) is 18.2 Å². The number of rotatable bonds is 4. The van der Waals surface area contributed by atoms with Gasteiger partial charge < -0.3 is 34.8 Å². The van der Waals surface area contributed by atoms with E-state index in [0.717, 1.165) is 25.0 Å². The second-order valence-electron chi connectivity index (χ2n) is 14.1. The summed E-state index contributed by atoms with van der Waals surface area (Å²) < 4.78 is 57.1. The fourth-order valence-corrected chi connectivity index (χ4v) is 9.76. The number of ether oxygens (including phenoxy) is 2. The lowest BCUT2D eigenvalue weighted by atomic mass is 9.44. The molecule has 1 amide bonds. The lowest BCUT2D eigenvalue weighted by Gasteiger charge is -2.65. The Morgan fingerprint density at radius 3 is 2.42 bits per heavy atom. The molecule has 0 spiro atoms. The Kier molecular flexibility index (Phi) is 8.39. The van der Waals surface area contributed by atoms with E-state index >= 15 is 4.39 Å². The number of fused-ring (bicyclic) bond motifs is 5. The summed E-state index contributed by atoms with van der Waals surface area (Å²) in [6.07, 6.45) is -3.39. The first kappa shape index (κ1) is 31.2. The molecule has 0 aromatic heterocycles. The molecule has 240 valence electrons. The highest BCUT2D eigenvalue weighted by atomic mass is 19.1.